The standard InChI is InChI=1S/C14H19N3S/c1-10-8-15-5-6-17(10)9-12-3-4-13-14(7-12)18-11(2)16-13/h3-4,7,10,15H,5-6,8-9H2,1-2H3. The van der Waals surface area contributed by atoms with Crippen LogP contribution in [-0.4, -0.2) is 35.6 Å². The normalized spacial score (nSPS) is 21.6. The summed E-state index contributed by atoms with van der Waals surface area (Å²) in [6.07, 6.45) is 0. The van der Waals surface area contributed by atoms with Gasteiger partial charge in [-0.3, -0.25) is 4.90 Å². The Labute approximate surface area is 112 Å². The minimum Gasteiger partial charge on any atom is -0.314 e. The van der Waals surface area contributed by atoms with E-state index in [-0.39, 0.29) is 0 Å². The summed E-state index contributed by atoms with van der Waals surface area (Å²) in [7, 11) is 0. The van der Waals surface area contributed by atoms with Crippen LogP contribution in [0.5, 0.6) is 0 Å². The largest absolute Gasteiger partial charge is 0.314 e. The second kappa shape index (κ2) is 4.96. The van der Waals surface area contributed by atoms with Crippen LogP contribution in [0.15, 0.2) is 18.2 Å². The van der Waals surface area contributed by atoms with Crippen molar-refractivity contribution in [3.8, 4) is 0 Å². The fourth-order valence-corrected chi connectivity index (χ4v) is 3.43. The summed E-state index contributed by atoms with van der Waals surface area (Å²) in [4.78, 5) is 7.06. The Morgan fingerprint density at radius 3 is 3.22 bits per heavy atom. The summed E-state index contributed by atoms with van der Waals surface area (Å²) in [5.74, 6) is 0. The van der Waals surface area contributed by atoms with Gasteiger partial charge in [-0.25, -0.2) is 4.98 Å². The number of hydrogen-bond acceptors (Lipinski definition) is 4. The molecule has 2 heterocycles. The van der Waals surface area contributed by atoms with E-state index in [1.165, 1.54) is 10.3 Å². The van der Waals surface area contributed by atoms with Crippen molar-refractivity contribution >= 4 is 21.6 Å². The fraction of sp³-hybridized carbons (Fsp3) is 0.500. The van der Waals surface area contributed by atoms with Crippen molar-refractivity contribution in [1.29, 1.82) is 0 Å². The van der Waals surface area contributed by atoms with Gasteiger partial charge in [0.2, 0.25) is 0 Å². The van der Waals surface area contributed by atoms with Crippen molar-refractivity contribution in [3.63, 3.8) is 0 Å². The van der Waals surface area contributed by atoms with Gasteiger partial charge in [-0.2, -0.15) is 0 Å². The maximum atomic E-state index is 4.51. The molecule has 1 aliphatic rings. The fourth-order valence-electron chi connectivity index (χ4n) is 2.54. The molecule has 1 N–H and O–H groups in total. The zero-order valence-corrected chi connectivity index (χ0v) is 11.8. The van der Waals surface area contributed by atoms with Crippen molar-refractivity contribution in [2.24, 2.45) is 0 Å². The average molecular weight is 261 g/mol. The molecule has 0 radical (unpaired) electrons. The molecule has 0 amide bonds. The minimum atomic E-state index is 0.623. The predicted octanol–water partition coefficient (Wildman–Crippen LogP) is 2.40. The highest BCUT2D eigenvalue weighted by atomic mass is 32.1. The van der Waals surface area contributed by atoms with Gasteiger partial charge < -0.3 is 5.32 Å². The minimum absolute atomic E-state index is 0.623. The molecule has 3 rings (SSSR count). The Morgan fingerprint density at radius 1 is 1.50 bits per heavy atom. The zero-order chi connectivity index (χ0) is 12.5. The van der Waals surface area contributed by atoms with E-state index in [1.54, 1.807) is 11.3 Å². The first-order valence-corrected chi connectivity index (χ1v) is 7.35. The second-order valence-corrected chi connectivity index (χ2v) is 6.29. The molecule has 0 aliphatic carbocycles. The Balaban J connectivity index is 1.81. The molecule has 1 aromatic heterocycles. The number of piperazine rings is 1. The highest BCUT2D eigenvalue weighted by molar-refractivity contribution is 7.18. The molecule has 1 atom stereocenters. The Bertz CT molecular complexity index is 549. The molecule has 0 bridgehead atoms. The SMILES string of the molecule is Cc1nc2ccc(CN3CCNCC3C)cc2s1. The summed E-state index contributed by atoms with van der Waals surface area (Å²) < 4.78 is 1.31. The molecule has 3 nitrogen and oxygen atoms in total. The van der Waals surface area contributed by atoms with Gasteiger partial charge in [-0.1, -0.05) is 6.07 Å². The highest BCUT2D eigenvalue weighted by Gasteiger charge is 2.17. The van der Waals surface area contributed by atoms with Gasteiger partial charge in [-0.05, 0) is 31.5 Å². The first-order chi connectivity index (χ1) is 8.72. The maximum absolute atomic E-state index is 4.51. The average Bonchev–Trinajstić information content (AvgIpc) is 2.71. The number of nitrogens with zero attached hydrogens (tertiary/aromatic N) is 2. The second-order valence-electron chi connectivity index (χ2n) is 5.06. The molecule has 1 aromatic carbocycles. The van der Waals surface area contributed by atoms with Crippen molar-refractivity contribution in [2.75, 3.05) is 19.6 Å². The van der Waals surface area contributed by atoms with E-state index >= 15 is 0 Å². The van der Waals surface area contributed by atoms with Crippen molar-refractivity contribution in [2.45, 2.75) is 26.4 Å². The van der Waals surface area contributed by atoms with Crippen LogP contribution < -0.4 is 5.32 Å². The van der Waals surface area contributed by atoms with Crippen LogP contribution in [0.3, 0.4) is 0 Å². The van der Waals surface area contributed by atoms with Crippen LogP contribution in [0, 0.1) is 6.92 Å². The molecule has 2 aromatic rings. The monoisotopic (exact) mass is 261 g/mol. The van der Waals surface area contributed by atoms with E-state index in [2.05, 4.69) is 47.2 Å². The van der Waals surface area contributed by atoms with Gasteiger partial charge in [0.05, 0.1) is 15.2 Å². The van der Waals surface area contributed by atoms with Crippen LogP contribution in [0.1, 0.15) is 17.5 Å². The maximum Gasteiger partial charge on any atom is 0.0907 e. The van der Waals surface area contributed by atoms with E-state index in [4.69, 9.17) is 0 Å². The molecule has 96 valence electrons. The van der Waals surface area contributed by atoms with E-state index in [9.17, 15) is 0 Å². The quantitative estimate of drug-likeness (QED) is 0.900. The molecule has 1 fully saturated rings. The first kappa shape index (κ1) is 12.1. The van der Waals surface area contributed by atoms with Crippen molar-refractivity contribution in [1.82, 2.24) is 15.2 Å². The molecule has 1 saturated heterocycles. The molecular formula is C14H19N3S. The molecule has 0 spiro atoms. The van der Waals surface area contributed by atoms with Gasteiger partial charge >= 0.3 is 0 Å². The van der Waals surface area contributed by atoms with Crippen LogP contribution in [-0.2, 0) is 6.54 Å². The lowest BCUT2D eigenvalue weighted by Crippen LogP contribution is -2.49. The van der Waals surface area contributed by atoms with E-state index < -0.39 is 0 Å². The molecular weight excluding hydrogens is 242 g/mol. The first-order valence-electron chi connectivity index (χ1n) is 6.53. The Morgan fingerprint density at radius 2 is 2.39 bits per heavy atom. The number of benzene rings is 1. The van der Waals surface area contributed by atoms with Crippen LogP contribution in [0.2, 0.25) is 0 Å². The third kappa shape index (κ3) is 2.41. The number of rotatable bonds is 2. The number of aryl methyl sites for hydroxylation is 1. The van der Waals surface area contributed by atoms with E-state index in [1.807, 2.05) is 0 Å². The molecule has 1 aliphatic heterocycles. The smallest absolute Gasteiger partial charge is 0.0907 e. The lowest BCUT2D eigenvalue weighted by atomic mass is 10.1. The number of aromatic nitrogens is 1. The molecule has 0 saturated carbocycles. The van der Waals surface area contributed by atoms with Gasteiger partial charge in [0.25, 0.3) is 0 Å². The molecule has 18 heavy (non-hydrogen) atoms. The Kier molecular flexibility index (Phi) is 3.33. The molecule has 4 heteroatoms. The van der Waals surface area contributed by atoms with Gasteiger partial charge in [0.1, 0.15) is 0 Å². The number of thiazole rings is 1. The summed E-state index contributed by atoms with van der Waals surface area (Å²) in [5, 5.41) is 4.58. The zero-order valence-electron chi connectivity index (χ0n) is 10.9. The van der Waals surface area contributed by atoms with Crippen molar-refractivity contribution < 1.29 is 0 Å². The van der Waals surface area contributed by atoms with Gasteiger partial charge in [-0.15, -0.1) is 11.3 Å². The number of fused-ring (bicyclic) bond motifs is 1. The van der Waals surface area contributed by atoms with E-state index in [0.717, 1.165) is 36.7 Å². The van der Waals surface area contributed by atoms with Gasteiger partial charge in [0.15, 0.2) is 0 Å². The summed E-state index contributed by atoms with van der Waals surface area (Å²) >= 11 is 1.79. The third-order valence-electron chi connectivity index (χ3n) is 3.58. The lowest BCUT2D eigenvalue weighted by molar-refractivity contribution is 0.166. The van der Waals surface area contributed by atoms with E-state index in [0.29, 0.717) is 6.04 Å². The predicted molar refractivity (Wildman–Crippen MR) is 77.1 cm³/mol. The highest BCUT2D eigenvalue weighted by Crippen LogP contribution is 2.23. The van der Waals surface area contributed by atoms with Gasteiger partial charge in [0, 0.05) is 32.2 Å². The topological polar surface area (TPSA) is 28.2 Å². The third-order valence-corrected chi connectivity index (χ3v) is 4.52. The molecule has 1 unspecified atom stereocenters. The summed E-state index contributed by atoms with van der Waals surface area (Å²) in [6, 6.07) is 7.30. The van der Waals surface area contributed by atoms with Crippen LogP contribution in [0.25, 0.3) is 10.2 Å². The number of hydrogen-bond donors (Lipinski definition) is 1. The van der Waals surface area contributed by atoms with Crippen molar-refractivity contribution in [3.05, 3.63) is 28.8 Å². The summed E-state index contributed by atoms with van der Waals surface area (Å²) in [6.45, 7) is 8.76. The number of nitrogens with one attached hydrogen (secondary N) is 1. The Hall–Kier alpha value is -0.970. The lowest BCUT2D eigenvalue weighted by Gasteiger charge is -2.33. The van der Waals surface area contributed by atoms with Crippen LogP contribution >= 0.6 is 11.3 Å². The summed E-state index contributed by atoms with van der Waals surface area (Å²) in [5.41, 5.74) is 2.54. The van der Waals surface area contributed by atoms with Crippen LogP contribution in [0.4, 0.5) is 0 Å².